The molecule has 2 atom stereocenters. The molecule has 0 aliphatic carbocycles. The van der Waals surface area contributed by atoms with Gasteiger partial charge in [0.05, 0.1) is 26.4 Å². The first-order chi connectivity index (χ1) is 10.9. The second-order valence-corrected chi connectivity index (χ2v) is 8.72. The quantitative estimate of drug-likeness (QED) is 0.376. The number of hydrogen-bond donors (Lipinski definition) is 4. The normalized spacial score (nSPS) is 16.9. The van der Waals surface area contributed by atoms with Crippen LogP contribution in [-0.2, 0) is 9.47 Å². The molecule has 0 aromatic rings. The van der Waals surface area contributed by atoms with Crippen molar-refractivity contribution in [3.63, 3.8) is 0 Å². The predicted octanol–water partition coefficient (Wildman–Crippen LogP) is 1.09. The van der Waals surface area contributed by atoms with Crippen molar-refractivity contribution < 1.29 is 9.47 Å². The Hall–Kier alpha value is -0.240. The molecule has 0 rings (SSSR count). The van der Waals surface area contributed by atoms with Gasteiger partial charge in [0.15, 0.2) is 0 Å². The Morgan fingerprint density at radius 2 is 1.04 bits per heavy atom. The average Bonchev–Trinajstić information content (AvgIpc) is 2.41. The first kappa shape index (κ1) is 23.8. The van der Waals surface area contributed by atoms with Gasteiger partial charge in [0, 0.05) is 42.2 Å². The molecule has 0 heterocycles. The van der Waals surface area contributed by atoms with Crippen molar-refractivity contribution in [1.29, 1.82) is 0 Å². The van der Waals surface area contributed by atoms with Gasteiger partial charge in [-0.25, -0.2) is 0 Å². The van der Waals surface area contributed by atoms with Gasteiger partial charge in [-0.05, 0) is 41.5 Å². The second-order valence-electron chi connectivity index (χ2n) is 8.72. The molecule has 0 saturated carbocycles. The van der Waals surface area contributed by atoms with Gasteiger partial charge >= 0.3 is 0 Å². The van der Waals surface area contributed by atoms with E-state index in [0.29, 0.717) is 44.4 Å². The number of hydrogen-bond acceptors (Lipinski definition) is 6. The van der Waals surface area contributed by atoms with E-state index >= 15 is 0 Å². The summed E-state index contributed by atoms with van der Waals surface area (Å²) >= 11 is 0. The van der Waals surface area contributed by atoms with E-state index in [1.54, 1.807) is 0 Å². The Labute approximate surface area is 149 Å². The number of rotatable bonds is 14. The smallest absolute Gasteiger partial charge is 0.0617 e. The highest BCUT2D eigenvalue weighted by Gasteiger charge is 2.14. The minimum Gasteiger partial charge on any atom is -0.379 e. The van der Waals surface area contributed by atoms with Crippen LogP contribution in [0.25, 0.3) is 0 Å². The maximum Gasteiger partial charge on any atom is 0.0617 e. The lowest BCUT2D eigenvalue weighted by Crippen LogP contribution is -2.47. The second kappa shape index (κ2) is 11.4. The fraction of sp³-hybridized carbons (Fsp3) is 1.00. The predicted molar refractivity (Wildman–Crippen MR) is 102 cm³/mol. The van der Waals surface area contributed by atoms with Crippen molar-refractivity contribution in [1.82, 2.24) is 10.6 Å². The van der Waals surface area contributed by atoms with Crippen LogP contribution in [-0.4, -0.2) is 62.7 Å². The van der Waals surface area contributed by atoms with Gasteiger partial charge in [-0.2, -0.15) is 0 Å². The number of nitrogens with two attached hydrogens (primary N) is 2. The third-order valence-electron chi connectivity index (χ3n) is 3.35. The number of nitrogens with one attached hydrogen (secondary N) is 2. The molecule has 24 heavy (non-hydrogen) atoms. The van der Waals surface area contributed by atoms with Crippen molar-refractivity contribution in [3.05, 3.63) is 0 Å². The minimum absolute atomic E-state index is 0.195. The van der Waals surface area contributed by atoms with Crippen molar-refractivity contribution in [2.24, 2.45) is 17.4 Å². The molecule has 0 spiro atoms. The highest BCUT2D eigenvalue weighted by Crippen LogP contribution is 2.01. The van der Waals surface area contributed by atoms with Crippen LogP contribution >= 0.6 is 0 Å². The molecule has 0 saturated heterocycles. The molecule has 0 bridgehead atoms. The fourth-order valence-electron chi connectivity index (χ4n) is 1.93. The van der Waals surface area contributed by atoms with Crippen LogP contribution in [0.2, 0.25) is 0 Å². The largest absolute Gasteiger partial charge is 0.379 e. The summed E-state index contributed by atoms with van der Waals surface area (Å²) in [6, 6.07) is 0.592. The standard InChI is InChI=1S/C18H42N4O2/c1-14(8-23-10-15(2)21-12-17(4,5)19)9-24-11-16(3)22-13-18(6,7)20/h14-16,21-22H,8-13,19-20H2,1-7H3. The van der Waals surface area contributed by atoms with Crippen LogP contribution in [0, 0.1) is 5.92 Å². The van der Waals surface area contributed by atoms with Crippen LogP contribution in [0.1, 0.15) is 48.5 Å². The van der Waals surface area contributed by atoms with Crippen LogP contribution in [0.3, 0.4) is 0 Å². The van der Waals surface area contributed by atoms with Crippen LogP contribution in [0.15, 0.2) is 0 Å². The fourth-order valence-corrected chi connectivity index (χ4v) is 1.93. The molecule has 0 radical (unpaired) electrons. The third kappa shape index (κ3) is 16.6. The topological polar surface area (TPSA) is 94.6 Å². The van der Waals surface area contributed by atoms with Crippen molar-refractivity contribution in [3.8, 4) is 0 Å². The van der Waals surface area contributed by atoms with Crippen LogP contribution < -0.4 is 22.1 Å². The lowest BCUT2D eigenvalue weighted by Gasteiger charge is -2.24. The third-order valence-corrected chi connectivity index (χ3v) is 3.35. The summed E-state index contributed by atoms with van der Waals surface area (Å²) < 4.78 is 11.5. The minimum atomic E-state index is -0.195. The van der Waals surface area contributed by atoms with Gasteiger partial charge < -0.3 is 31.6 Å². The molecule has 6 heteroatoms. The van der Waals surface area contributed by atoms with Gasteiger partial charge in [0.1, 0.15) is 0 Å². The Kier molecular flexibility index (Phi) is 11.3. The molecule has 0 aliphatic heterocycles. The van der Waals surface area contributed by atoms with E-state index < -0.39 is 0 Å². The maximum absolute atomic E-state index is 5.95. The van der Waals surface area contributed by atoms with E-state index in [1.165, 1.54) is 0 Å². The monoisotopic (exact) mass is 346 g/mol. The lowest BCUT2D eigenvalue weighted by molar-refractivity contribution is 0.0336. The van der Waals surface area contributed by atoms with Crippen molar-refractivity contribution >= 4 is 0 Å². The molecule has 0 amide bonds. The average molecular weight is 347 g/mol. The summed E-state index contributed by atoms with van der Waals surface area (Å²) in [7, 11) is 0. The molecular formula is C18H42N4O2. The van der Waals surface area contributed by atoms with Gasteiger partial charge in [-0.3, -0.25) is 0 Å². The zero-order chi connectivity index (χ0) is 18.8. The van der Waals surface area contributed by atoms with E-state index in [-0.39, 0.29) is 11.1 Å². The summed E-state index contributed by atoms with van der Waals surface area (Å²) in [5, 5.41) is 6.76. The zero-order valence-electron chi connectivity index (χ0n) is 16.9. The number of ether oxygens (including phenoxy) is 2. The Morgan fingerprint density at radius 1 is 0.708 bits per heavy atom. The molecule has 0 aromatic carbocycles. The molecule has 146 valence electrons. The molecule has 6 N–H and O–H groups in total. The highest BCUT2D eigenvalue weighted by molar-refractivity contribution is 4.77. The molecule has 2 unspecified atom stereocenters. The van der Waals surface area contributed by atoms with E-state index in [9.17, 15) is 0 Å². The van der Waals surface area contributed by atoms with Gasteiger partial charge in [0.25, 0.3) is 0 Å². The van der Waals surface area contributed by atoms with Crippen LogP contribution in [0.4, 0.5) is 0 Å². The van der Waals surface area contributed by atoms with Gasteiger partial charge in [0.2, 0.25) is 0 Å². The Morgan fingerprint density at radius 3 is 1.33 bits per heavy atom. The van der Waals surface area contributed by atoms with E-state index in [1.807, 2.05) is 27.7 Å². The van der Waals surface area contributed by atoms with E-state index in [0.717, 1.165) is 13.1 Å². The van der Waals surface area contributed by atoms with Crippen LogP contribution in [0.5, 0.6) is 0 Å². The Bertz CT molecular complexity index is 283. The van der Waals surface area contributed by atoms with Gasteiger partial charge in [-0.15, -0.1) is 0 Å². The van der Waals surface area contributed by atoms with E-state index in [2.05, 4.69) is 31.4 Å². The molecule has 6 nitrogen and oxygen atoms in total. The van der Waals surface area contributed by atoms with Crippen molar-refractivity contribution in [2.75, 3.05) is 39.5 Å². The van der Waals surface area contributed by atoms with Crippen molar-refractivity contribution in [2.45, 2.75) is 71.6 Å². The summed E-state index contributed by atoms with van der Waals surface area (Å²) in [5.74, 6) is 0.376. The first-order valence-electron chi connectivity index (χ1n) is 9.09. The molecular weight excluding hydrogens is 304 g/mol. The molecule has 0 fully saturated rings. The molecule has 0 aromatic heterocycles. The Balaban J connectivity index is 3.64. The highest BCUT2D eigenvalue weighted by atomic mass is 16.5. The zero-order valence-corrected chi connectivity index (χ0v) is 16.9. The summed E-state index contributed by atoms with van der Waals surface area (Å²) in [5.41, 5.74) is 11.5. The summed E-state index contributed by atoms with van der Waals surface area (Å²) in [6.45, 7) is 18.7. The van der Waals surface area contributed by atoms with E-state index in [4.69, 9.17) is 20.9 Å². The lowest BCUT2D eigenvalue weighted by atomic mass is 10.1. The SMILES string of the molecule is CC(COCC(C)NCC(C)(C)N)COCC(C)NCC(C)(C)N. The molecule has 0 aliphatic rings. The summed E-state index contributed by atoms with van der Waals surface area (Å²) in [4.78, 5) is 0. The maximum atomic E-state index is 5.95. The first-order valence-corrected chi connectivity index (χ1v) is 9.09. The van der Waals surface area contributed by atoms with Gasteiger partial charge in [-0.1, -0.05) is 6.92 Å². The summed E-state index contributed by atoms with van der Waals surface area (Å²) in [6.07, 6.45) is 0.